The van der Waals surface area contributed by atoms with Crippen molar-refractivity contribution in [3.63, 3.8) is 0 Å². The van der Waals surface area contributed by atoms with E-state index in [0.717, 1.165) is 0 Å². The van der Waals surface area contributed by atoms with Crippen LogP contribution in [0.25, 0.3) is 0 Å². The van der Waals surface area contributed by atoms with Gasteiger partial charge in [0, 0.05) is 12.1 Å². The van der Waals surface area contributed by atoms with Crippen molar-refractivity contribution in [1.82, 2.24) is 0 Å². The molecule has 6 heteroatoms. The summed E-state index contributed by atoms with van der Waals surface area (Å²) in [5, 5.41) is 9.24. The van der Waals surface area contributed by atoms with Crippen LogP contribution >= 0.6 is 0 Å². The summed E-state index contributed by atoms with van der Waals surface area (Å²) in [6.07, 6.45) is -0.548. The quantitative estimate of drug-likeness (QED) is 0.440. The number of carbonyl (C=O) groups is 2. The Bertz CT molecular complexity index is 471. The van der Waals surface area contributed by atoms with Gasteiger partial charge in [-0.05, 0) is 18.2 Å². The first-order valence-corrected chi connectivity index (χ1v) is 5.04. The van der Waals surface area contributed by atoms with E-state index in [4.69, 9.17) is 10.5 Å². The van der Waals surface area contributed by atoms with Gasteiger partial charge in [-0.3, -0.25) is 0 Å². The number of phenolic OH excluding ortho intramolecular Hbond substituents is 1. The average Bonchev–Trinajstić information content (AvgIpc) is 2.68. The van der Waals surface area contributed by atoms with Crippen LogP contribution in [0, 0.1) is 0 Å². The van der Waals surface area contributed by atoms with Gasteiger partial charge in [-0.1, -0.05) is 0 Å². The van der Waals surface area contributed by atoms with Crippen molar-refractivity contribution in [2.75, 3.05) is 12.3 Å². The molecule has 90 valence electrons. The molecular weight excluding hydrogens is 226 g/mol. The molecule has 6 nitrogen and oxygen atoms in total. The van der Waals surface area contributed by atoms with E-state index >= 15 is 0 Å². The van der Waals surface area contributed by atoms with Crippen LogP contribution < -0.4 is 5.73 Å². The van der Waals surface area contributed by atoms with Gasteiger partial charge in [0.25, 0.3) is 0 Å². The first-order valence-electron chi connectivity index (χ1n) is 5.04. The molecule has 17 heavy (non-hydrogen) atoms. The normalized spacial score (nSPS) is 18.8. The van der Waals surface area contributed by atoms with Crippen LogP contribution in [0.2, 0.25) is 0 Å². The molecule has 0 bridgehead atoms. The molecule has 1 saturated heterocycles. The Kier molecular flexibility index (Phi) is 2.86. The van der Waals surface area contributed by atoms with Crippen molar-refractivity contribution in [2.24, 2.45) is 0 Å². The van der Waals surface area contributed by atoms with E-state index in [2.05, 4.69) is 4.74 Å². The highest BCUT2D eigenvalue weighted by atomic mass is 16.6. The highest BCUT2D eigenvalue weighted by Gasteiger charge is 2.31. The molecule has 1 atom stereocenters. The first-order chi connectivity index (χ1) is 8.08. The molecular formula is C11H11NO5. The van der Waals surface area contributed by atoms with Crippen LogP contribution in [0.3, 0.4) is 0 Å². The Morgan fingerprint density at radius 1 is 1.53 bits per heavy atom. The monoisotopic (exact) mass is 237 g/mol. The third kappa shape index (κ3) is 2.30. The predicted octanol–water partition coefficient (Wildman–Crippen LogP) is 0.447. The molecule has 1 aromatic rings. The minimum atomic E-state index is -0.885. The van der Waals surface area contributed by atoms with Crippen molar-refractivity contribution in [1.29, 1.82) is 0 Å². The van der Waals surface area contributed by atoms with E-state index < -0.39 is 18.0 Å². The number of benzene rings is 1. The van der Waals surface area contributed by atoms with Crippen molar-refractivity contribution in [3.8, 4) is 5.75 Å². The summed E-state index contributed by atoms with van der Waals surface area (Å²) < 4.78 is 9.60. The van der Waals surface area contributed by atoms with E-state index in [9.17, 15) is 14.7 Å². The highest BCUT2D eigenvalue weighted by molar-refractivity contribution is 5.96. The van der Waals surface area contributed by atoms with Crippen molar-refractivity contribution >= 4 is 17.6 Å². The Hall–Kier alpha value is -2.24. The molecule has 0 amide bonds. The summed E-state index contributed by atoms with van der Waals surface area (Å²) in [5.41, 5.74) is 5.78. The second kappa shape index (κ2) is 4.32. The number of nitrogens with two attached hydrogens (primary N) is 1. The van der Waals surface area contributed by atoms with Crippen LogP contribution in [-0.4, -0.2) is 29.8 Å². The zero-order valence-corrected chi connectivity index (χ0v) is 8.88. The lowest BCUT2D eigenvalue weighted by Crippen LogP contribution is -2.23. The summed E-state index contributed by atoms with van der Waals surface area (Å²) >= 11 is 0. The SMILES string of the molecule is Nc1ccc(O)cc1C(=O)OC1CCOC1=O. The van der Waals surface area contributed by atoms with Crippen LogP contribution in [0.5, 0.6) is 5.75 Å². The summed E-state index contributed by atoms with van der Waals surface area (Å²) in [6.45, 7) is 0.242. The lowest BCUT2D eigenvalue weighted by Gasteiger charge is -2.09. The standard InChI is InChI=1S/C11H11NO5/c12-8-2-1-6(13)5-7(8)10(14)17-9-3-4-16-11(9)15/h1-2,5,9,13H,3-4,12H2. The van der Waals surface area contributed by atoms with E-state index in [-0.39, 0.29) is 23.6 Å². The predicted molar refractivity (Wildman–Crippen MR) is 57.3 cm³/mol. The van der Waals surface area contributed by atoms with Crippen molar-refractivity contribution in [2.45, 2.75) is 12.5 Å². The molecule has 2 rings (SSSR count). The van der Waals surface area contributed by atoms with Gasteiger partial charge in [-0.25, -0.2) is 9.59 Å². The first kappa shape index (κ1) is 11.3. The number of hydrogen-bond acceptors (Lipinski definition) is 6. The number of phenols is 1. The second-order valence-corrected chi connectivity index (χ2v) is 3.62. The summed E-state index contributed by atoms with van der Waals surface area (Å²) in [5.74, 6) is -1.40. The fourth-order valence-electron chi connectivity index (χ4n) is 1.50. The molecule has 1 aliphatic rings. The largest absolute Gasteiger partial charge is 0.508 e. The zero-order valence-electron chi connectivity index (χ0n) is 8.88. The van der Waals surface area contributed by atoms with Crippen LogP contribution in [-0.2, 0) is 14.3 Å². The van der Waals surface area contributed by atoms with E-state index in [1.807, 2.05) is 0 Å². The number of hydrogen-bond donors (Lipinski definition) is 2. The number of aromatic hydroxyl groups is 1. The highest BCUT2D eigenvalue weighted by Crippen LogP contribution is 2.21. The van der Waals surface area contributed by atoms with Crippen molar-refractivity contribution < 1.29 is 24.2 Å². The summed E-state index contributed by atoms with van der Waals surface area (Å²) in [7, 11) is 0. The van der Waals surface area contributed by atoms with E-state index in [1.165, 1.54) is 18.2 Å². The van der Waals surface area contributed by atoms with E-state index in [1.54, 1.807) is 0 Å². The molecule has 0 spiro atoms. The molecule has 1 unspecified atom stereocenters. The number of esters is 2. The lowest BCUT2D eigenvalue weighted by atomic mass is 10.1. The molecule has 0 saturated carbocycles. The van der Waals surface area contributed by atoms with Gasteiger partial charge in [-0.15, -0.1) is 0 Å². The average molecular weight is 237 g/mol. The van der Waals surface area contributed by atoms with Gasteiger partial charge in [0.05, 0.1) is 12.2 Å². The Labute approximate surface area is 96.9 Å². The molecule has 1 aliphatic heterocycles. The van der Waals surface area contributed by atoms with E-state index in [0.29, 0.717) is 6.42 Å². The van der Waals surface area contributed by atoms with Crippen LogP contribution in [0.15, 0.2) is 18.2 Å². The molecule has 1 heterocycles. The number of nitrogen functional groups attached to an aromatic ring is 1. The third-order valence-electron chi connectivity index (χ3n) is 2.39. The van der Waals surface area contributed by atoms with Gasteiger partial charge >= 0.3 is 11.9 Å². The molecule has 1 aromatic carbocycles. The van der Waals surface area contributed by atoms with Gasteiger partial charge in [0.2, 0.25) is 6.10 Å². The summed E-state index contributed by atoms with van der Waals surface area (Å²) in [6, 6.07) is 3.94. The number of ether oxygens (including phenoxy) is 2. The van der Waals surface area contributed by atoms with Crippen LogP contribution in [0.4, 0.5) is 5.69 Å². The Morgan fingerprint density at radius 2 is 2.29 bits per heavy atom. The molecule has 0 radical (unpaired) electrons. The maximum absolute atomic E-state index is 11.7. The smallest absolute Gasteiger partial charge is 0.347 e. The summed E-state index contributed by atoms with van der Waals surface area (Å²) in [4.78, 5) is 22.8. The Balaban J connectivity index is 2.14. The maximum atomic E-state index is 11.7. The minimum absolute atomic E-state index is 0.0321. The van der Waals surface area contributed by atoms with Gasteiger partial charge < -0.3 is 20.3 Å². The number of anilines is 1. The molecule has 1 fully saturated rings. The number of rotatable bonds is 2. The Morgan fingerprint density at radius 3 is 2.94 bits per heavy atom. The van der Waals surface area contributed by atoms with Crippen LogP contribution in [0.1, 0.15) is 16.8 Å². The number of cyclic esters (lactones) is 1. The number of carbonyl (C=O) groups excluding carboxylic acids is 2. The minimum Gasteiger partial charge on any atom is -0.508 e. The molecule has 0 aliphatic carbocycles. The third-order valence-corrected chi connectivity index (χ3v) is 2.39. The molecule has 3 N–H and O–H groups in total. The second-order valence-electron chi connectivity index (χ2n) is 3.62. The molecule has 0 aromatic heterocycles. The fraction of sp³-hybridized carbons (Fsp3) is 0.273. The lowest BCUT2D eigenvalue weighted by molar-refractivity contribution is -0.145. The topological polar surface area (TPSA) is 98.8 Å². The van der Waals surface area contributed by atoms with Crippen molar-refractivity contribution in [3.05, 3.63) is 23.8 Å². The van der Waals surface area contributed by atoms with Gasteiger partial charge in [0.1, 0.15) is 5.75 Å². The fourth-order valence-corrected chi connectivity index (χ4v) is 1.50. The van der Waals surface area contributed by atoms with Gasteiger partial charge in [0.15, 0.2) is 0 Å². The maximum Gasteiger partial charge on any atom is 0.347 e. The van der Waals surface area contributed by atoms with Gasteiger partial charge in [-0.2, -0.15) is 0 Å². The zero-order chi connectivity index (χ0) is 12.4.